The van der Waals surface area contributed by atoms with Crippen molar-refractivity contribution in [2.45, 2.75) is 32.7 Å². The van der Waals surface area contributed by atoms with E-state index < -0.39 is 0 Å². The van der Waals surface area contributed by atoms with Crippen molar-refractivity contribution in [3.8, 4) is 5.75 Å². The Hall–Kier alpha value is -4.27. The number of carbonyl (C=O) groups excluding carboxylic acids is 2. The number of nitrogens with one attached hydrogen (secondary N) is 2. The lowest BCUT2D eigenvalue weighted by molar-refractivity contribution is -0.873. The average molecular weight is 984 g/mol. The zero-order chi connectivity index (χ0) is 39.2. The minimum Gasteiger partial charge on any atom is -1.00 e. The lowest BCUT2D eigenvalue weighted by Gasteiger charge is -2.26. The molecule has 0 bridgehead atoms. The van der Waals surface area contributed by atoms with Crippen LogP contribution in [0, 0.1) is 0 Å². The Morgan fingerprint density at radius 2 is 1.28 bits per heavy atom. The van der Waals surface area contributed by atoms with Gasteiger partial charge in [-0.25, -0.2) is 0 Å². The topological polar surface area (TPSA) is 87.7 Å². The van der Waals surface area contributed by atoms with Crippen molar-refractivity contribution in [1.82, 2.24) is 0 Å². The highest BCUT2D eigenvalue weighted by Crippen LogP contribution is 2.40. The van der Waals surface area contributed by atoms with E-state index in [4.69, 9.17) is 9.15 Å². The van der Waals surface area contributed by atoms with E-state index in [2.05, 4.69) is 81.5 Å². The molecular formula is C45H55Br3N6O4. The first kappa shape index (κ1) is 48.1. The number of aryl methyl sites for hydroxylation is 1. The van der Waals surface area contributed by atoms with Crippen molar-refractivity contribution in [3.05, 3.63) is 132 Å². The number of fused-ring (bicyclic) bond motifs is 2. The molecule has 0 unspecified atom stereocenters. The highest BCUT2D eigenvalue weighted by Gasteiger charge is 2.29. The van der Waals surface area contributed by atoms with Crippen LogP contribution in [0.5, 0.6) is 5.75 Å². The van der Waals surface area contributed by atoms with Gasteiger partial charge in [0, 0.05) is 47.6 Å². The highest BCUT2D eigenvalue weighted by molar-refractivity contribution is 6.06. The standard InChI is InChI=1S/C45H53N6O4.3BrH/c1-8-33(29-42-48(25-15-27-50(2,3)4)38-31-34(21-23-40(38)54-42)44(52)46-36-17-11-9-12-18-36)30-43-49(26-16-28-51(5,6)7)39-32-35(22-24-41(39)55-43)45(53)47-37-19-13-10-14-20-37;;;/h9-14,17-24,29-32H,8,15-16,25-28H2,1-7H3;3*1H/q+1;;;/p-1. The lowest BCUT2D eigenvalue weighted by Crippen LogP contribution is -3.00. The molecule has 0 saturated heterocycles. The van der Waals surface area contributed by atoms with Crippen molar-refractivity contribution in [3.63, 3.8) is 0 Å². The number of anilines is 3. The van der Waals surface area contributed by atoms with Crippen LogP contribution in [0.3, 0.4) is 0 Å². The Bertz CT molecular complexity index is 2210. The van der Waals surface area contributed by atoms with Crippen molar-refractivity contribution >= 4 is 46.1 Å². The van der Waals surface area contributed by atoms with Gasteiger partial charge in [-0.15, -0.1) is 0 Å². The molecule has 4 aromatic carbocycles. The first-order valence-electron chi connectivity index (χ1n) is 19.1. The third kappa shape index (κ3) is 12.9. The second-order valence-electron chi connectivity index (χ2n) is 16.1. The van der Waals surface area contributed by atoms with E-state index in [1.54, 1.807) is 0 Å². The Balaban J connectivity index is 0.00000300. The number of hydrogen-bond donors (Lipinski definition) is 2. The van der Waals surface area contributed by atoms with Gasteiger partial charge in [0.1, 0.15) is 0 Å². The molecule has 1 aliphatic heterocycles. The summed E-state index contributed by atoms with van der Waals surface area (Å²) >= 11 is 0. The molecule has 0 radical (unpaired) electrons. The minimum atomic E-state index is -0.174. The highest BCUT2D eigenvalue weighted by atomic mass is 79.9. The van der Waals surface area contributed by atoms with Crippen molar-refractivity contribution in [2.75, 3.05) is 77.5 Å². The van der Waals surface area contributed by atoms with Gasteiger partial charge in [0.25, 0.3) is 17.3 Å². The summed E-state index contributed by atoms with van der Waals surface area (Å²) in [6.45, 7) is 5.51. The normalized spacial score (nSPS) is 13.2. The number of aromatic nitrogens is 1. The molecule has 1 aliphatic rings. The van der Waals surface area contributed by atoms with Gasteiger partial charge in [-0.05, 0) is 66.6 Å². The maximum absolute atomic E-state index is 13.3. The molecule has 6 rings (SSSR count). The molecule has 13 heteroatoms. The number of allylic oxidation sites excluding steroid dienone is 2. The minimum absolute atomic E-state index is 0. The fourth-order valence-electron chi connectivity index (χ4n) is 6.58. The third-order valence-electron chi connectivity index (χ3n) is 9.50. The first-order valence-corrected chi connectivity index (χ1v) is 19.1. The number of ether oxygens (including phenoxy) is 1. The van der Waals surface area contributed by atoms with Gasteiger partial charge in [0.05, 0.1) is 73.6 Å². The van der Waals surface area contributed by atoms with Gasteiger partial charge in [0.15, 0.2) is 12.3 Å². The summed E-state index contributed by atoms with van der Waals surface area (Å²) in [5, 5.41) is 6.01. The summed E-state index contributed by atoms with van der Waals surface area (Å²) in [5.41, 5.74) is 6.07. The second kappa shape index (κ2) is 21.1. The summed E-state index contributed by atoms with van der Waals surface area (Å²) in [6.07, 6.45) is 6.73. The number of para-hydroxylation sites is 2. The zero-order valence-electron chi connectivity index (χ0n) is 34.4. The van der Waals surface area contributed by atoms with Gasteiger partial charge in [-0.2, -0.15) is 4.57 Å². The average Bonchev–Trinajstić information content (AvgIpc) is 3.66. The molecule has 0 fully saturated rings. The maximum atomic E-state index is 13.3. The number of oxazole rings is 1. The van der Waals surface area contributed by atoms with Crippen LogP contribution in [-0.2, 0) is 6.54 Å². The molecule has 10 nitrogen and oxygen atoms in total. The second-order valence-corrected chi connectivity index (χ2v) is 16.1. The molecule has 2 N–H and O–H groups in total. The van der Waals surface area contributed by atoms with Gasteiger partial charge >= 0.3 is 5.89 Å². The molecule has 310 valence electrons. The van der Waals surface area contributed by atoms with E-state index in [-0.39, 0.29) is 62.8 Å². The van der Waals surface area contributed by atoms with Crippen molar-refractivity contribution in [2.24, 2.45) is 0 Å². The van der Waals surface area contributed by atoms with Crippen LogP contribution in [0.2, 0.25) is 0 Å². The molecule has 0 atom stereocenters. The molecule has 2 amide bonds. The quantitative estimate of drug-likeness (QED) is 0.104. The lowest BCUT2D eigenvalue weighted by atomic mass is 10.1. The largest absolute Gasteiger partial charge is 1.00 e. The maximum Gasteiger partial charge on any atom is 0.374 e. The summed E-state index contributed by atoms with van der Waals surface area (Å²) in [6, 6.07) is 30.2. The molecule has 0 spiro atoms. The number of halogens is 3. The SMILES string of the molecule is CCC(=Cc1oc2ccc(C(=O)Nc3ccccc3)cc2[n+]1CCC[N+](C)(C)C)C=C1Oc2ccc(C(=O)Nc3ccccc3)cc2N1CCC[N+](C)(C)C.[Br-].[Br-].[Br-]. The van der Waals surface area contributed by atoms with Crippen LogP contribution in [0.25, 0.3) is 17.2 Å². The van der Waals surface area contributed by atoms with E-state index in [9.17, 15) is 9.59 Å². The van der Waals surface area contributed by atoms with Crippen LogP contribution in [0.1, 0.15) is 52.8 Å². The molecule has 1 aromatic heterocycles. The van der Waals surface area contributed by atoms with E-state index in [1.807, 2.05) is 97.1 Å². The number of hydrogen-bond acceptors (Lipinski definition) is 5. The van der Waals surface area contributed by atoms with Gasteiger partial charge in [-0.1, -0.05) is 43.3 Å². The van der Waals surface area contributed by atoms with E-state index in [1.165, 1.54) is 0 Å². The first-order chi connectivity index (χ1) is 26.3. The van der Waals surface area contributed by atoms with Gasteiger partial charge < -0.3 is 84.6 Å². The summed E-state index contributed by atoms with van der Waals surface area (Å²) < 4.78 is 16.9. The summed E-state index contributed by atoms with van der Waals surface area (Å²) in [7, 11) is 13.1. The van der Waals surface area contributed by atoms with Gasteiger partial charge in [-0.3, -0.25) is 9.59 Å². The van der Waals surface area contributed by atoms with Crippen molar-refractivity contribution < 1.29 is 83.2 Å². The number of benzene rings is 4. The fourth-order valence-corrected chi connectivity index (χ4v) is 6.58. The molecular weight excluding hydrogens is 928 g/mol. The summed E-state index contributed by atoms with van der Waals surface area (Å²) in [5.74, 6) is 1.78. The van der Waals surface area contributed by atoms with Crippen LogP contribution in [0.15, 0.2) is 119 Å². The zero-order valence-corrected chi connectivity index (χ0v) is 39.2. The number of amides is 2. The molecule has 2 heterocycles. The predicted molar refractivity (Wildman–Crippen MR) is 221 cm³/mol. The summed E-state index contributed by atoms with van der Waals surface area (Å²) in [4.78, 5) is 28.8. The van der Waals surface area contributed by atoms with Crippen LogP contribution < -0.4 is 75.8 Å². The van der Waals surface area contributed by atoms with Crippen LogP contribution >= 0.6 is 0 Å². The molecule has 0 aliphatic carbocycles. The molecule has 0 saturated carbocycles. The smallest absolute Gasteiger partial charge is 0.374 e. The Morgan fingerprint density at radius 1 is 0.724 bits per heavy atom. The van der Waals surface area contributed by atoms with E-state index in [0.717, 1.165) is 82.6 Å². The predicted octanol–water partition coefficient (Wildman–Crippen LogP) is -1.04. The van der Waals surface area contributed by atoms with Crippen LogP contribution in [-0.4, -0.2) is 82.7 Å². The number of quaternary nitrogens is 2. The third-order valence-corrected chi connectivity index (χ3v) is 9.50. The molecule has 5 aromatic rings. The van der Waals surface area contributed by atoms with Gasteiger partial charge in [0.2, 0.25) is 11.5 Å². The van der Waals surface area contributed by atoms with E-state index in [0.29, 0.717) is 34.2 Å². The number of nitrogens with zero attached hydrogens (tertiary/aromatic N) is 4. The monoisotopic (exact) mass is 980 g/mol. The van der Waals surface area contributed by atoms with Crippen LogP contribution in [0.4, 0.5) is 17.1 Å². The Labute approximate surface area is 374 Å². The van der Waals surface area contributed by atoms with Crippen molar-refractivity contribution in [1.29, 1.82) is 0 Å². The van der Waals surface area contributed by atoms with E-state index >= 15 is 0 Å². The fraction of sp³-hybridized carbons (Fsp3) is 0.311. The Morgan fingerprint density at radius 3 is 1.84 bits per heavy atom. The number of rotatable bonds is 15. The molecule has 58 heavy (non-hydrogen) atoms. The Kier molecular flexibility index (Phi) is 17.5. The number of carbonyl (C=O) groups is 2.